The average molecular weight is 320 g/mol. The molecule has 0 spiro atoms. The molecule has 0 unspecified atom stereocenters. The second kappa shape index (κ2) is 6.66. The smallest absolute Gasteiger partial charge is 0.280 e. The van der Waals surface area contributed by atoms with Crippen molar-refractivity contribution in [2.45, 2.75) is 44.8 Å². The van der Waals surface area contributed by atoms with Crippen LogP contribution in [0.25, 0.3) is 10.9 Å². The Kier molecular flexibility index (Phi) is 4.61. The molecule has 23 heavy (non-hydrogen) atoms. The summed E-state index contributed by atoms with van der Waals surface area (Å²) in [6, 6.07) is 2.62. The lowest BCUT2D eigenvalue weighted by molar-refractivity contribution is 0.125. The molecule has 1 aromatic heterocycles. The molecule has 3 rings (SSSR count). The number of aromatic nitrogens is 2. The Morgan fingerprint density at radius 1 is 1.43 bits per heavy atom. The molecule has 0 saturated heterocycles. The summed E-state index contributed by atoms with van der Waals surface area (Å²) in [4.78, 5) is 15.7. The SMILES string of the molecule is COc1cc2c(=O)ncn(C[C@H](O)CC3CCCC3)c2cc1F. The molecule has 1 aliphatic rings. The first-order chi connectivity index (χ1) is 11.1. The molecule has 1 N–H and O–H groups in total. The topological polar surface area (TPSA) is 64.3 Å². The molecule has 0 bridgehead atoms. The zero-order valence-corrected chi connectivity index (χ0v) is 13.2. The highest BCUT2D eigenvalue weighted by Crippen LogP contribution is 2.29. The number of halogens is 1. The molecule has 0 aliphatic heterocycles. The summed E-state index contributed by atoms with van der Waals surface area (Å²) in [5.41, 5.74) is -0.00592. The van der Waals surface area contributed by atoms with Gasteiger partial charge in [-0.3, -0.25) is 4.79 Å². The van der Waals surface area contributed by atoms with E-state index in [-0.39, 0.29) is 5.75 Å². The van der Waals surface area contributed by atoms with Crippen LogP contribution in [0.2, 0.25) is 0 Å². The quantitative estimate of drug-likeness (QED) is 0.919. The standard InChI is InChI=1S/C17H21FN2O3/c1-23-16-7-13-15(8-14(16)18)20(10-19-17(13)22)9-12(21)6-11-4-2-3-5-11/h7-8,10-12,21H,2-6,9H2,1H3/t12-/m1/s1. The number of rotatable bonds is 5. The van der Waals surface area contributed by atoms with Crippen LogP contribution in [0.5, 0.6) is 5.75 Å². The maximum absolute atomic E-state index is 14.0. The van der Waals surface area contributed by atoms with Crippen molar-refractivity contribution in [2.75, 3.05) is 7.11 Å². The lowest BCUT2D eigenvalue weighted by Gasteiger charge is -2.18. The molecule has 1 heterocycles. The van der Waals surface area contributed by atoms with E-state index in [2.05, 4.69) is 4.98 Å². The number of fused-ring (bicyclic) bond motifs is 1. The van der Waals surface area contributed by atoms with Gasteiger partial charge in [0.15, 0.2) is 11.6 Å². The largest absolute Gasteiger partial charge is 0.494 e. The number of methoxy groups -OCH3 is 1. The first-order valence-corrected chi connectivity index (χ1v) is 7.99. The Balaban J connectivity index is 1.89. The van der Waals surface area contributed by atoms with Gasteiger partial charge in [0, 0.05) is 6.07 Å². The molecule has 1 atom stereocenters. The van der Waals surface area contributed by atoms with E-state index in [0.29, 0.717) is 23.4 Å². The van der Waals surface area contributed by atoms with E-state index in [1.807, 2.05) is 0 Å². The van der Waals surface area contributed by atoms with Crippen LogP contribution < -0.4 is 10.3 Å². The second-order valence-corrected chi connectivity index (χ2v) is 6.25. The van der Waals surface area contributed by atoms with E-state index < -0.39 is 17.5 Å². The Bertz CT molecular complexity index is 753. The minimum Gasteiger partial charge on any atom is -0.494 e. The highest BCUT2D eigenvalue weighted by molar-refractivity contribution is 5.79. The van der Waals surface area contributed by atoms with Crippen LogP contribution in [0.3, 0.4) is 0 Å². The molecular formula is C17H21FN2O3. The lowest BCUT2D eigenvalue weighted by atomic mass is 10.00. The summed E-state index contributed by atoms with van der Waals surface area (Å²) in [5.74, 6) is 0.0331. The third kappa shape index (κ3) is 3.37. The molecule has 5 nitrogen and oxygen atoms in total. The zero-order valence-electron chi connectivity index (χ0n) is 13.2. The van der Waals surface area contributed by atoms with Gasteiger partial charge in [-0.2, -0.15) is 4.98 Å². The molecule has 0 amide bonds. The molecule has 124 valence electrons. The normalized spacial score (nSPS) is 16.8. The maximum atomic E-state index is 14.0. The van der Waals surface area contributed by atoms with E-state index in [9.17, 15) is 14.3 Å². The van der Waals surface area contributed by atoms with Crippen molar-refractivity contribution < 1.29 is 14.2 Å². The summed E-state index contributed by atoms with van der Waals surface area (Å²) >= 11 is 0. The molecule has 6 heteroatoms. The third-order valence-electron chi connectivity index (χ3n) is 4.61. The maximum Gasteiger partial charge on any atom is 0.280 e. The van der Waals surface area contributed by atoms with Crippen LogP contribution in [0.4, 0.5) is 4.39 Å². The highest BCUT2D eigenvalue weighted by Gasteiger charge is 2.20. The summed E-state index contributed by atoms with van der Waals surface area (Å²) in [5, 5.41) is 10.6. The van der Waals surface area contributed by atoms with Crippen LogP contribution in [-0.4, -0.2) is 27.9 Å². The summed E-state index contributed by atoms with van der Waals surface area (Å²) < 4.78 is 20.5. The lowest BCUT2D eigenvalue weighted by Crippen LogP contribution is -2.22. The summed E-state index contributed by atoms with van der Waals surface area (Å²) in [7, 11) is 1.35. The second-order valence-electron chi connectivity index (χ2n) is 6.25. The summed E-state index contributed by atoms with van der Waals surface area (Å²) in [6.07, 6.45) is 6.34. The van der Waals surface area contributed by atoms with Crippen molar-refractivity contribution in [2.24, 2.45) is 5.92 Å². The van der Waals surface area contributed by atoms with Gasteiger partial charge in [-0.25, -0.2) is 4.39 Å². The van der Waals surface area contributed by atoms with Crippen molar-refractivity contribution in [3.63, 3.8) is 0 Å². The number of aliphatic hydroxyl groups excluding tert-OH is 1. The van der Waals surface area contributed by atoms with Gasteiger partial charge in [-0.1, -0.05) is 25.7 Å². The first-order valence-electron chi connectivity index (χ1n) is 7.99. The van der Waals surface area contributed by atoms with E-state index >= 15 is 0 Å². The first kappa shape index (κ1) is 15.9. The summed E-state index contributed by atoms with van der Waals surface area (Å²) in [6.45, 7) is 0.298. The Morgan fingerprint density at radius 2 is 2.17 bits per heavy atom. The zero-order chi connectivity index (χ0) is 16.4. The van der Waals surface area contributed by atoms with Gasteiger partial charge < -0.3 is 14.4 Å². The van der Waals surface area contributed by atoms with Crippen LogP contribution in [0.1, 0.15) is 32.1 Å². The van der Waals surface area contributed by atoms with Crippen molar-refractivity contribution in [1.29, 1.82) is 0 Å². The van der Waals surface area contributed by atoms with Crippen LogP contribution in [0.15, 0.2) is 23.3 Å². The van der Waals surface area contributed by atoms with Crippen molar-refractivity contribution in [1.82, 2.24) is 9.55 Å². The van der Waals surface area contributed by atoms with Crippen LogP contribution in [-0.2, 0) is 6.54 Å². The molecule has 2 aromatic rings. The molecule has 1 aromatic carbocycles. The predicted molar refractivity (Wildman–Crippen MR) is 85.1 cm³/mol. The fraction of sp³-hybridized carbons (Fsp3) is 0.529. The van der Waals surface area contributed by atoms with Gasteiger partial charge >= 0.3 is 0 Å². The van der Waals surface area contributed by atoms with Gasteiger partial charge in [0.05, 0.1) is 37.0 Å². The molecule has 1 fully saturated rings. The molecule has 1 saturated carbocycles. The Labute approximate surface area is 133 Å². The number of aliphatic hydroxyl groups is 1. The van der Waals surface area contributed by atoms with Crippen molar-refractivity contribution >= 4 is 10.9 Å². The van der Waals surface area contributed by atoms with Crippen molar-refractivity contribution in [3.05, 3.63) is 34.6 Å². The average Bonchev–Trinajstić information content (AvgIpc) is 3.02. The van der Waals surface area contributed by atoms with Gasteiger partial charge in [0.2, 0.25) is 0 Å². The number of hydrogen-bond donors (Lipinski definition) is 1. The number of hydrogen-bond acceptors (Lipinski definition) is 4. The third-order valence-corrected chi connectivity index (χ3v) is 4.61. The number of benzene rings is 1. The minimum atomic E-state index is -0.537. The fourth-order valence-corrected chi connectivity index (χ4v) is 3.44. The number of ether oxygens (including phenoxy) is 1. The van der Waals surface area contributed by atoms with Crippen LogP contribution >= 0.6 is 0 Å². The highest BCUT2D eigenvalue weighted by atomic mass is 19.1. The fourth-order valence-electron chi connectivity index (χ4n) is 3.44. The molecule has 1 aliphatic carbocycles. The van der Waals surface area contributed by atoms with E-state index in [1.54, 1.807) is 4.57 Å². The van der Waals surface area contributed by atoms with Gasteiger partial charge in [-0.05, 0) is 18.4 Å². The van der Waals surface area contributed by atoms with Crippen molar-refractivity contribution in [3.8, 4) is 5.75 Å². The van der Waals surface area contributed by atoms with E-state index in [1.165, 1.54) is 38.4 Å². The molecular weight excluding hydrogens is 299 g/mol. The van der Waals surface area contributed by atoms with Gasteiger partial charge in [0.25, 0.3) is 5.56 Å². The van der Waals surface area contributed by atoms with E-state index in [0.717, 1.165) is 19.3 Å². The Hall–Kier alpha value is -1.95. The van der Waals surface area contributed by atoms with Gasteiger partial charge in [0.1, 0.15) is 0 Å². The number of nitrogens with zero attached hydrogens (tertiary/aromatic N) is 2. The van der Waals surface area contributed by atoms with Crippen LogP contribution in [0, 0.1) is 11.7 Å². The Morgan fingerprint density at radius 3 is 2.87 bits per heavy atom. The predicted octanol–water partition coefficient (Wildman–Crippen LogP) is 2.49. The minimum absolute atomic E-state index is 0.0145. The van der Waals surface area contributed by atoms with Gasteiger partial charge in [-0.15, -0.1) is 0 Å². The van der Waals surface area contributed by atoms with E-state index in [4.69, 9.17) is 4.74 Å². The molecule has 0 radical (unpaired) electrons. The monoisotopic (exact) mass is 320 g/mol.